The number of urea groups is 1. The molecule has 0 saturated carbocycles. The van der Waals surface area contributed by atoms with Crippen molar-refractivity contribution in [3.8, 4) is 28.1 Å². The summed E-state index contributed by atoms with van der Waals surface area (Å²) in [7, 11) is 2.00. The van der Waals surface area contributed by atoms with E-state index in [0.717, 1.165) is 44.8 Å². The molecule has 0 radical (unpaired) electrons. The van der Waals surface area contributed by atoms with Crippen LogP contribution in [0.5, 0.6) is 5.75 Å². The Balaban J connectivity index is 1.74. The van der Waals surface area contributed by atoms with Gasteiger partial charge >= 0.3 is 6.03 Å². The first-order valence-electron chi connectivity index (χ1n) is 16.3. The molecule has 0 aliphatic carbocycles. The summed E-state index contributed by atoms with van der Waals surface area (Å²) in [4.78, 5) is 41.1. The van der Waals surface area contributed by atoms with Crippen molar-refractivity contribution in [2.75, 3.05) is 38.6 Å². The van der Waals surface area contributed by atoms with Crippen LogP contribution in [-0.2, 0) is 6.54 Å². The van der Waals surface area contributed by atoms with Crippen molar-refractivity contribution in [2.45, 2.75) is 45.6 Å². The van der Waals surface area contributed by atoms with Gasteiger partial charge in [0.1, 0.15) is 11.4 Å². The van der Waals surface area contributed by atoms with Crippen LogP contribution < -0.4 is 27.2 Å². The van der Waals surface area contributed by atoms with Gasteiger partial charge in [0.05, 0.1) is 28.1 Å². The summed E-state index contributed by atoms with van der Waals surface area (Å²) < 4.78 is 1.21. The third kappa shape index (κ3) is 11.8. The van der Waals surface area contributed by atoms with Crippen LogP contribution >= 0.6 is 23.2 Å². The number of hydrogen-bond acceptors (Lipinski definition) is 8. The molecule has 0 spiro atoms. The first-order chi connectivity index (χ1) is 24.0. The largest absolute Gasteiger partial charge is 0.508 e. The predicted molar refractivity (Wildman–Crippen MR) is 200 cm³/mol. The van der Waals surface area contributed by atoms with Gasteiger partial charge in [-0.25, -0.2) is 9.48 Å². The highest BCUT2D eigenvalue weighted by molar-refractivity contribution is 6.36. The zero-order chi connectivity index (χ0) is 36.6. The molecule has 0 aliphatic rings. The Morgan fingerprint density at radius 2 is 1.74 bits per heavy atom. The minimum atomic E-state index is -0.797. The lowest BCUT2D eigenvalue weighted by atomic mass is 9.99. The second-order valence-electron chi connectivity index (χ2n) is 11.5. The number of nitrogens with zero attached hydrogens (tertiary/aromatic N) is 3. The Kier molecular flexibility index (Phi) is 16.0. The van der Waals surface area contributed by atoms with Gasteiger partial charge in [-0.2, -0.15) is 5.10 Å². The number of aryl methyl sites for hydroxylation is 1. The number of benzene rings is 2. The molecule has 3 aromatic rings. The van der Waals surface area contributed by atoms with Gasteiger partial charge in [-0.3, -0.25) is 9.59 Å². The molecule has 2 aromatic carbocycles. The fraction of sp³-hybridized carbons (Fsp3) is 0.333. The van der Waals surface area contributed by atoms with Crippen LogP contribution in [0.4, 0.5) is 10.5 Å². The van der Waals surface area contributed by atoms with Crippen LogP contribution in [0.1, 0.15) is 49.4 Å². The van der Waals surface area contributed by atoms with E-state index in [4.69, 9.17) is 34.0 Å². The lowest BCUT2D eigenvalue weighted by Crippen LogP contribution is -2.33. The van der Waals surface area contributed by atoms with Crippen molar-refractivity contribution in [1.29, 1.82) is 0 Å². The fourth-order valence-corrected chi connectivity index (χ4v) is 5.41. The maximum Gasteiger partial charge on any atom is 0.323 e. The monoisotopic (exact) mass is 725 g/mol. The number of phenols is 1. The molecule has 0 saturated heterocycles. The number of aromatic hydroxyl groups is 1. The van der Waals surface area contributed by atoms with Gasteiger partial charge in [0.25, 0.3) is 11.5 Å². The normalized spacial score (nSPS) is 12.0. The zero-order valence-electron chi connectivity index (χ0n) is 28.3. The van der Waals surface area contributed by atoms with Crippen molar-refractivity contribution in [3.05, 3.63) is 99.1 Å². The molecule has 1 heterocycles. The molecule has 0 bridgehead atoms. The standard InChI is InChI=1S/C36H45Cl2N7O5/c1-4-29(37)33(30(38)23-39)42-36(50)41-32-22-31(43-45(5-2)35(32)49)25-13-11-12-24(18-25)26-19-27(21-28(47)20-26)34(48)40-14-9-7-6-8-10-15-44(3)16-17-46/h4,11-13,18-23,46-47H,1,5-10,14-17,39H2,2-3H3,(H,40,48)(H2,41,42,50)/b30-23+,33-29-. The molecular formula is C36H45Cl2N7O5. The molecule has 7 N–H and O–H groups in total. The maximum absolute atomic E-state index is 13.1. The van der Waals surface area contributed by atoms with Crippen LogP contribution in [0.15, 0.2) is 87.9 Å². The number of nitrogens with one attached hydrogen (secondary N) is 3. The highest BCUT2D eigenvalue weighted by atomic mass is 35.5. The van der Waals surface area contributed by atoms with Crippen molar-refractivity contribution in [1.82, 2.24) is 25.3 Å². The summed E-state index contributed by atoms with van der Waals surface area (Å²) >= 11 is 12.2. The second kappa shape index (κ2) is 20.1. The number of aliphatic hydroxyl groups is 1. The van der Waals surface area contributed by atoms with Crippen LogP contribution in [0.2, 0.25) is 0 Å². The topological polar surface area (TPSA) is 175 Å². The number of halogens is 2. The number of aromatic nitrogens is 2. The Labute approximate surface area is 302 Å². The predicted octanol–water partition coefficient (Wildman–Crippen LogP) is 5.70. The molecule has 1 aromatic heterocycles. The number of allylic oxidation sites excluding steroid dienone is 3. The average Bonchev–Trinajstić information content (AvgIpc) is 3.11. The number of phenolic OH excluding ortho intramolecular Hbond substituents is 1. The van der Waals surface area contributed by atoms with E-state index in [0.29, 0.717) is 41.0 Å². The zero-order valence-corrected chi connectivity index (χ0v) is 29.9. The Morgan fingerprint density at radius 1 is 1.02 bits per heavy atom. The molecule has 0 aliphatic heterocycles. The summed E-state index contributed by atoms with van der Waals surface area (Å²) in [6, 6.07) is 12.6. The number of carbonyl (C=O) groups excluding carboxylic acids is 2. The van der Waals surface area contributed by atoms with Gasteiger partial charge in [-0.1, -0.05) is 67.2 Å². The lowest BCUT2D eigenvalue weighted by Gasteiger charge is -2.14. The highest BCUT2D eigenvalue weighted by Gasteiger charge is 2.16. The third-order valence-electron chi connectivity index (χ3n) is 7.72. The van der Waals surface area contributed by atoms with E-state index in [9.17, 15) is 19.5 Å². The summed E-state index contributed by atoms with van der Waals surface area (Å²) in [5.74, 6) is -0.348. The average molecular weight is 727 g/mol. The molecule has 12 nitrogen and oxygen atoms in total. The van der Waals surface area contributed by atoms with Crippen molar-refractivity contribution < 1.29 is 19.8 Å². The highest BCUT2D eigenvalue weighted by Crippen LogP contribution is 2.29. The van der Waals surface area contributed by atoms with E-state index in [1.54, 1.807) is 31.2 Å². The van der Waals surface area contributed by atoms with Crippen molar-refractivity contribution >= 4 is 40.8 Å². The lowest BCUT2D eigenvalue weighted by molar-refractivity contribution is 0.0952. The number of hydrogen-bond donors (Lipinski definition) is 6. The van der Waals surface area contributed by atoms with E-state index >= 15 is 0 Å². The number of aliphatic hydroxyl groups excluding tert-OH is 1. The summed E-state index contributed by atoms with van der Waals surface area (Å²) in [5, 5.41) is 31.9. The maximum atomic E-state index is 13.1. The molecule has 3 rings (SSSR count). The molecule has 0 unspecified atom stereocenters. The molecule has 0 fully saturated rings. The van der Waals surface area contributed by atoms with Crippen LogP contribution in [-0.4, -0.2) is 70.1 Å². The summed E-state index contributed by atoms with van der Waals surface area (Å²) in [6.45, 7) is 7.85. The van der Waals surface area contributed by atoms with Gasteiger partial charge < -0.3 is 36.8 Å². The van der Waals surface area contributed by atoms with Gasteiger partial charge in [0, 0.05) is 37.0 Å². The number of amides is 3. The van der Waals surface area contributed by atoms with Crippen molar-refractivity contribution in [2.24, 2.45) is 5.73 Å². The van der Waals surface area contributed by atoms with Gasteiger partial charge in [0.15, 0.2) is 0 Å². The van der Waals surface area contributed by atoms with E-state index < -0.39 is 11.6 Å². The molecule has 0 atom stereocenters. The van der Waals surface area contributed by atoms with E-state index in [1.807, 2.05) is 19.2 Å². The fourth-order valence-electron chi connectivity index (χ4n) is 5.06. The summed E-state index contributed by atoms with van der Waals surface area (Å²) in [6.07, 6.45) is 7.39. The SMILES string of the molecule is C=C/C(Cl)=C(NC(=O)Nc1cc(-c2cccc(-c3cc(O)cc(C(=O)NCCCCCCCN(C)CCO)c3)c2)nn(CC)c1=O)\C(Cl)=C/N. The summed E-state index contributed by atoms with van der Waals surface area (Å²) in [5.41, 5.74) is 7.53. The van der Waals surface area contributed by atoms with Crippen LogP contribution in [0.25, 0.3) is 22.4 Å². The van der Waals surface area contributed by atoms with E-state index in [1.165, 1.54) is 22.9 Å². The molecule has 268 valence electrons. The molecular weight excluding hydrogens is 681 g/mol. The number of likely N-dealkylation sites (N-methyl/N-ethyl adjacent to an activating group) is 1. The number of rotatable bonds is 18. The second-order valence-corrected chi connectivity index (χ2v) is 12.3. The van der Waals surface area contributed by atoms with E-state index in [2.05, 4.69) is 32.5 Å². The van der Waals surface area contributed by atoms with E-state index in [-0.39, 0.29) is 46.3 Å². The first kappa shape index (κ1) is 39.8. The smallest absolute Gasteiger partial charge is 0.323 e. The Hall–Kier alpha value is -4.62. The number of unbranched alkanes of at least 4 members (excludes halogenated alkanes) is 4. The minimum absolute atomic E-state index is 0.00533. The minimum Gasteiger partial charge on any atom is -0.508 e. The van der Waals surface area contributed by atoms with Crippen LogP contribution in [0, 0.1) is 0 Å². The first-order valence-corrected chi connectivity index (χ1v) is 17.1. The van der Waals surface area contributed by atoms with Gasteiger partial charge in [-0.15, -0.1) is 0 Å². The van der Waals surface area contributed by atoms with Gasteiger partial charge in [-0.05, 0) is 80.9 Å². The molecule has 3 amide bonds. The molecule has 50 heavy (non-hydrogen) atoms. The number of carbonyl (C=O) groups is 2. The Bertz CT molecular complexity index is 1770. The number of anilines is 1. The van der Waals surface area contributed by atoms with Gasteiger partial charge in [0.2, 0.25) is 0 Å². The quantitative estimate of drug-likeness (QED) is 0.0715. The third-order valence-corrected chi connectivity index (χ3v) is 8.38. The van der Waals surface area contributed by atoms with Crippen molar-refractivity contribution in [3.63, 3.8) is 0 Å². The number of nitrogens with two attached hydrogens (primary N) is 1. The van der Waals surface area contributed by atoms with Crippen LogP contribution in [0.3, 0.4) is 0 Å². The molecule has 14 heteroatoms. The Morgan fingerprint density at radius 3 is 2.44 bits per heavy atom.